The van der Waals surface area contributed by atoms with E-state index in [1.165, 1.54) is 0 Å². The minimum atomic E-state index is 0. The molecular weight excluding hydrogens is 351 g/mol. The molecule has 0 aliphatic heterocycles. The molecule has 0 saturated heterocycles. The van der Waals surface area contributed by atoms with Crippen molar-refractivity contribution in [1.82, 2.24) is 25.4 Å². The first-order valence-corrected chi connectivity index (χ1v) is 6.43. The zero-order valence-corrected chi connectivity index (χ0v) is 13.5. The van der Waals surface area contributed by atoms with Crippen LogP contribution in [0.1, 0.15) is 5.82 Å². The predicted octanol–water partition coefficient (Wildman–Crippen LogP) is 0.461. The summed E-state index contributed by atoms with van der Waals surface area (Å²) in [4.78, 5) is 8.24. The van der Waals surface area contributed by atoms with Gasteiger partial charge in [0.15, 0.2) is 5.96 Å². The van der Waals surface area contributed by atoms with Crippen molar-refractivity contribution in [2.24, 2.45) is 12.0 Å². The van der Waals surface area contributed by atoms with Crippen LogP contribution in [-0.4, -0.2) is 46.3 Å². The van der Waals surface area contributed by atoms with E-state index < -0.39 is 0 Å². The number of halogens is 1. The molecule has 0 radical (unpaired) electrons. The molecule has 0 fully saturated rings. The standard InChI is InChI=1S/C9H18N6S.HI/c1-10-9(11-4-5-16-3)12-6-8-13-7-14-15(8)2;/h7H,4-6H2,1-3H3,(H2,10,11,12);1H. The lowest BCUT2D eigenvalue weighted by molar-refractivity contribution is 0.674. The summed E-state index contributed by atoms with van der Waals surface area (Å²) in [7, 11) is 3.62. The number of thioether (sulfide) groups is 1. The molecule has 0 atom stereocenters. The summed E-state index contributed by atoms with van der Waals surface area (Å²) in [5.74, 6) is 2.73. The van der Waals surface area contributed by atoms with Gasteiger partial charge in [0.25, 0.3) is 0 Å². The van der Waals surface area contributed by atoms with Gasteiger partial charge >= 0.3 is 0 Å². The third-order valence-electron chi connectivity index (χ3n) is 2.04. The number of hydrogen-bond donors (Lipinski definition) is 2. The Morgan fingerprint density at radius 1 is 1.53 bits per heavy atom. The van der Waals surface area contributed by atoms with Gasteiger partial charge in [-0.25, -0.2) is 4.98 Å². The molecule has 0 bridgehead atoms. The summed E-state index contributed by atoms with van der Waals surface area (Å²) < 4.78 is 1.74. The Morgan fingerprint density at radius 3 is 2.82 bits per heavy atom. The second kappa shape index (κ2) is 9.51. The van der Waals surface area contributed by atoms with E-state index in [-0.39, 0.29) is 24.0 Å². The van der Waals surface area contributed by atoms with Gasteiger partial charge in [0.2, 0.25) is 0 Å². The predicted molar refractivity (Wildman–Crippen MR) is 83.0 cm³/mol. The normalized spacial score (nSPS) is 10.9. The van der Waals surface area contributed by atoms with Gasteiger partial charge in [-0.1, -0.05) is 0 Å². The number of aliphatic imine (C=N–C) groups is 1. The lowest BCUT2D eigenvalue weighted by Crippen LogP contribution is -2.38. The van der Waals surface area contributed by atoms with Crippen molar-refractivity contribution in [3.63, 3.8) is 0 Å². The van der Waals surface area contributed by atoms with Gasteiger partial charge in [-0.15, -0.1) is 24.0 Å². The molecule has 0 amide bonds. The molecule has 6 nitrogen and oxygen atoms in total. The Labute approximate surface area is 123 Å². The Morgan fingerprint density at radius 2 is 2.29 bits per heavy atom. The summed E-state index contributed by atoms with van der Waals surface area (Å²) in [6, 6.07) is 0. The van der Waals surface area contributed by atoms with Gasteiger partial charge in [-0.2, -0.15) is 16.9 Å². The maximum Gasteiger partial charge on any atom is 0.191 e. The van der Waals surface area contributed by atoms with Crippen LogP contribution in [0.25, 0.3) is 0 Å². The molecule has 1 rings (SSSR count). The van der Waals surface area contributed by atoms with Crippen molar-refractivity contribution in [3.05, 3.63) is 12.2 Å². The first kappa shape index (κ1) is 16.5. The highest BCUT2D eigenvalue weighted by Gasteiger charge is 2.01. The lowest BCUT2D eigenvalue weighted by atomic mass is 10.6. The average Bonchev–Trinajstić information content (AvgIpc) is 2.69. The van der Waals surface area contributed by atoms with Crippen molar-refractivity contribution in [1.29, 1.82) is 0 Å². The molecule has 0 saturated carbocycles. The molecule has 0 aliphatic carbocycles. The minimum Gasteiger partial charge on any atom is -0.356 e. The Bertz CT molecular complexity index is 340. The summed E-state index contributed by atoms with van der Waals surface area (Å²) in [5.41, 5.74) is 0. The number of nitrogens with zero attached hydrogens (tertiary/aromatic N) is 4. The highest BCUT2D eigenvalue weighted by atomic mass is 127. The summed E-state index contributed by atoms with van der Waals surface area (Å²) >= 11 is 1.80. The van der Waals surface area contributed by atoms with Gasteiger partial charge in [0.05, 0.1) is 6.54 Å². The fourth-order valence-corrected chi connectivity index (χ4v) is 1.44. The average molecular weight is 370 g/mol. The van der Waals surface area contributed by atoms with Gasteiger partial charge in [0, 0.05) is 26.4 Å². The van der Waals surface area contributed by atoms with Gasteiger partial charge in [0.1, 0.15) is 12.2 Å². The van der Waals surface area contributed by atoms with Crippen LogP contribution in [0.4, 0.5) is 0 Å². The van der Waals surface area contributed by atoms with Crippen molar-refractivity contribution in [3.8, 4) is 0 Å². The minimum absolute atomic E-state index is 0. The van der Waals surface area contributed by atoms with Crippen LogP contribution < -0.4 is 10.6 Å². The zero-order chi connectivity index (χ0) is 11.8. The molecule has 2 N–H and O–H groups in total. The second-order valence-electron chi connectivity index (χ2n) is 3.15. The smallest absolute Gasteiger partial charge is 0.191 e. The maximum absolute atomic E-state index is 4.12. The first-order chi connectivity index (χ1) is 7.77. The van der Waals surface area contributed by atoms with E-state index in [9.17, 15) is 0 Å². The third kappa shape index (κ3) is 6.10. The van der Waals surface area contributed by atoms with E-state index in [2.05, 4.69) is 32.0 Å². The summed E-state index contributed by atoms with van der Waals surface area (Å²) in [6.45, 7) is 1.52. The van der Waals surface area contributed by atoms with Crippen molar-refractivity contribution in [2.75, 3.05) is 25.6 Å². The molecule has 1 heterocycles. The SMILES string of the molecule is CN=C(NCCSC)NCc1ncnn1C.I. The van der Waals surface area contributed by atoms with Crippen molar-refractivity contribution >= 4 is 41.7 Å². The number of aryl methyl sites for hydroxylation is 1. The van der Waals surface area contributed by atoms with E-state index in [1.807, 2.05) is 7.05 Å². The van der Waals surface area contributed by atoms with Crippen molar-refractivity contribution in [2.45, 2.75) is 6.54 Å². The van der Waals surface area contributed by atoms with Crippen LogP contribution in [0.15, 0.2) is 11.3 Å². The van der Waals surface area contributed by atoms with Crippen LogP contribution in [0.3, 0.4) is 0 Å². The molecule has 0 aliphatic rings. The molecule has 1 aromatic rings. The maximum atomic E-state index is 4.12. The molecule has 0 spiro atoms. The number of aromatic nitrogens is 3. The summed E-state index contributed by atoms with van der Waals surface area (Å²) in [6.07, 6.45) is 3.62. The number of hydrogen-bond acceptors (Lipinski definition) is 4. The van der Waals surface area contributed by atoms with Gasteiger partial charge in [-0.3, -0.25) is 9.67 Å². The molecule has 98 valence electrons. The number of rotatable bonds is 5. The molecule has 8 heteroatoms. The largest absolute Gasteiger partial charge is 0.356 e. The van der Waals surface area contributed by atoms with E-state index in [0.29, 0.717) is 6.54 Å². The molecule has 1 aromatic heterocycles. The first-order valence-electron chi connectivity index (χ1n) is 5.04. The Hall–Kier alpha value is -0.510. The lowest BCUT2D eigenvalue weighted by Gasteiger charge is -2.10. The quantitative estimate of drug-likeness (QED) is 0.341. The molecule has 0 unspecified atom stereocenters. The van der Waals surface area contributed by atoms with Crippen LogP contribution >= 0.6 is 35.7 Å². The highest BCUT2D eigenvalue weighted by Crippen LogP contribution is 1.90. The van der Waals surface area contributed by atoms with E-state index in [1.54, 1.807) is 29.8 Å². The van der Waals surface area contributed by atoms with Crippen LogP contribution in [0.2, 0.25) is 0 Å². The monoisotopic (exact) mass is 370 g/mol. The fraction of sp³-hybridized carbons (Fsp3) is 0.667. The van der Waals surface area contributed by atoms with E-state index in [4.69, 9.17) is 0 Å². The molecule has 17 heavy (non-hydrogen) atoms. The Kier molecular flexibility index (Phi) is 9.23. The van der Waals surface area contributed by atoms with E-state index >= 15 is 0 Å². The topological polar surface area (TPSA) is 67.1 Å². The number of guanidine groups is 1. The fourth-order valence-electron chi connectivity index (χ4n) is 1.14. The van der Waals surface area contributed by atoms with Crippen LogP contribution in [0, 0.1) is 0 Å². The highest BCUT2D eigenvalue weighted by molar-refractivity contribution is 14.0. The van der Waals surface area contributed by atoms with Crippen LogP contribution in [0.5, 0.6) is 0 Å². The molecule has 0 aromatic carbocycles. The number of nitrogens with one attached hydrogen (secondary N) is 2. The second-order valence-corrected chi connectivity index (χ2v) is 4.13. The third-order valence-corrected chi connectivity index (χ3v) is 2.65. The van der Waals surface area contributed by atoms with Crippen LogP contribution in [-0.2, 0) is 13.6 Å². The molecular formula is C9H19IN6S. The summed E-state index contributed by atoms with van der Waals surface area (Å²) in [5, 5.41) is 10.4. The zero-order valence-electron chi connectivity index (χ0n) is 10.3. The Balaban J connectivity index is 0.00000256. The van der Waals surface area contributed by atoms with Gasteiger partial charge < -0.3 is 10.6 Å². The van der Waals surface area contributed by atoms with Gasteiger partial charge in [-0.05, 0) is 6.26 Å². The van der Waals surface area contributed by atoms with Crippen molar-refractivity contribution < 1.29 is 0 Å². The van der Waals surface area contributed by atoms with E-state index in [0.717, 1.165) is 24.1 Å².